The molecule has 4 heteroatoms. The number of carbonyl (C=O) groups is 2. The van der Waals surface area contributed by atoms with Crippen molar-refractivity contribution in [1.82, 2.24) is 0 Å². The average Bonchev–Trinajstić information content (AvgIpc) is 2.80. The predicted molar refractivity (Wildman–Crippen MR) is 70.1 cm³/mol. The van der Waals surface area contributed by atoms with Crippen molar-refractivity contribution in [1.29, 1.82) is 0 Å². The standard InChI is InChI=1S/C14H16N2O2/c1-14(2)6-3-7-16(14)9-4-5-10-11(8-9)15-13(18)12(10)17/h4-5,8H,3,6-7H2,1-2H3,(H,15,17,18). The van der Waals surface area contributed by atoms with Crippen molar-refractivity contribution >= 4 is 23.1 Å². The SMILES string of the molecule is CC1(C)CCCN1c1ccc2c(c1)NC(=O)C2=O. The van der Waals surface area contributed by atoms with Crippen LogP contribution in [0.2, 0.25) is 0 Å². The summed E-state index contributed by atoms with van der Waals surface area (Å²) < 4.78 is 0. The Hall–Kier alpha value is -1.84. The summed E-state index contributed by atoms with van der Waals surface area (Å²) in [5.41, 5.74) is 2.35. The van der Waals surface area contributed by atoms with Gasteiger partial charge in [-0.25, -0.2) is 0 Å². The molecule has 0 aromatic heterocycles. The van der Waals surface area contributed by atoms with Gasteiger partial charge in [-0.05, 0) is 44.9 Å². The number of amides is 1. The number of nitrogens with one attached hydrogen (secondary N) is 1. The first kappa shape index (κ1) is 11.3. The number of carbonyl (C=O) groups excluding carboxylic acids is 2. The Bertz CT molecular complexity index is 549. The number of anilines is 2. The number of hydrogen-bond acceptors (Lipinski definition) is 3. The zero-order valence-corrected chi connectivity index (χ0v) is 10.6. The Morgan fingerprint density at radius 3 is 2.72 bits per heavy atom. The Labute approximate surface area is 106 Å². The van der Waals surface area contributed by atoms with E-state index in [1.807, 2.05) is 12.1 Å². The van der Waals surface area contributed by atoms with Crippen LogP contribution in [0, 0.1) is 0 Å². The monoisotopic (exact) mass is 244 g/mol. The highest BCUT2D eigenvalue weighted by molar-refractivity contribution is 6.51. The number of nitrogens with zero attached hydrogens (tertiary/aromatic N) is 1. The van der Waals surface area contributed by atoms with Crippen LogP contribution in [0.1, 0.15) is 37.0 Å². The van der Waals surface area contributed by atoms with E-state index in [0.717, 1.165) is 18.7 Å². The molecule has 4 nitrogen and oxygen atoms in total. The van der Waals surface area contributed by atoms with Crippen LogP contribution in [0.5, 0.6) is 0 Å². The van der Waals surface area contributed by atoms with Gasteiger partial charge in [0.25, 0.3) is 11.7 Å². The second-order valence-electron chi connectivity index (χ2n) is 5.58. The van der Waals surface area contributed by atoms with Gasteiger partial charge in [-0.15, -0.1) is 0 Å². The van der Waals surface area contributed by atoms with Crippen molar-refractivity contribution in [3.63, 3.8) is 0 Å². The summed E-state index contributed by atoms with van der Waals surface area (Å²) in [6.45, 7) is 5.46. The zero-order valence-electron chi connectivity index (χ0n) is 10.6. The molecule has 1 fully saturated rings. The van der Waals surface area contributed by atoms with E-state index >= 15 is 0 Å². The van der Waals surface area contributed by atoms with Crippen LogP contribution in [0.15, 0.2) is 18.2 Å². The summed E-state index contributed by atoms with van der Waals surface area (Å²) in [4.78, 5) is 25.2. The fraction of sp³-hybridized carbons (Fsp3) is 0.429. The van der Waals surface area contributed by atoms with Gasteiger partial charge in [0.15, 0.2) is 0 Å². The van der Waals surface area contributed by atoms with E-state index < -0.39 is 11.7 Å². The van der Waals surface area contributed by atoms with Crippen molar-refractivity contribution in [2.24, 2.45) is 0 Å². The molecule has 0 atom stereocenters. The second-order valence-corrected chi connectivity index (χ2v) is 5.58. The van der Waals surface area contributed by atoms with E-state index in [-0.39, 0.29) is 5.54 Å². The molecule has 94 valence electrons. The molecule has 1 N–H and O–H groups in total. The maximum atomic E-state index is 11.5. The van der Waals surface area contributed by atoms with Gasteiger partial charge in [0.05, 0.1) is 11.3 Å². The van der Waals surface area contributed by atoms with Crippen molar-refractivity contribution in [3.05, 3.63) is 23.8 Å². The summed E-state index contributed by atoms with van der Waals surface area (Å²) in [7, 11) is 0. The number of rotatable bonds is 1. The Morgan fingerprint density at radius 2 is 2.06 bits per heavy atom. The molecule has 18 heavy (non-hydrogen) atoms. The summed E-state index contributed by atoms with van der Waals surface area (Å²) in [5.74, 6) is -0.958. The van der Waals surface area contributed by atoms with E-state index in [1.165, 1.54) is 6.42 Å². The van der Waals surface area contributed by atoms with Crippen LogP contribution >= 0.6 is 0 Å². The van der Waals surface area contributed by atoms with E-state index in [1.54, 1.807) is 6.07 Å². The molecule has 0 saturated carbocycles. The number of ketones is 1. The van der Waals surface area contributed by atoms with E-state index in [2.05, 4.69) is 24.1 Å². The second kappa shape index (κ2) is 3.57. The molecular weight excluding hydrogens is 228 g/mol. The van der Waals surface area contributed by atoms with Crippen molar-refractivity contribution < 1.29 is 9.59 Å². The lowest BCUT2D eigenvalue weighted by Gasteiger charge is -2.34. The fourth-order valence-corrected chi connectivity index (χ4v) is 2.89. The first-order valence-electron chi connectivity index (χ1n) is 6.26. The fourth-order valence-electron chi connectivity index (χ4n) is 2.89. The third-order valence-corrected chi connectivity index (χ3v) is 3.91. The lowest BCUT2D eigenvalue weighted by molar-refractivity contribution is -0.112. The summed E-state index contributed by atoms with van der Waals surface area (Å²) in [6.07, 6.45) is 2.34. The van der Waals surface area contributed by atoms with Gasteiger partial charge in [0.2, 0.25) is 0 Å². The molecule has 2 aliphatic rings. The molecule has 0 spiro atoms. The van der Waals surface area contributed by atoms with Gasteiger partial charge >= 0.3 is 0 Å². The lowest BCUT2D eigenvalue weighted by Crippen LogP contribution is -2.38. The quantitative estimate of drug-likeness (QED) is 0.770. The molecule has 1 aromatic carbocycles. The van der Waals surface area contributed by atoms with Crippen LogP contribution in [-0.4, -0.2) is 23.8 Å². The topological polar surface area (TPSA) is 49.4 Å². The van der Waals surface area contributed by atoms with Gasteiger partial charge in [-0.3, -0.25) is 9.59 Å². The molecule has 0 radical (unpaired) electrons. The van der Waals surface area contributed by atoms with Crippen molar-refractivity contribution in [2.75, 3.05) is 16.8 Å². The Balaban J connectivity index is 2.00. The van der Waals surface area contributed by atoms with E-state index in [9.17, 15) is 9.59 Å². The average molecular weight is 244 g/mol. The third-order valence-electron chi connectivity index (χ3n) is 3.91. The van der Waals surface area contributed by atoms with Crippen LogP contribution in [0.25, 0.3) is 0 Å². The van der Waals surface area contributed by atoms with E-state index in [4.69, 9.17) is 0 Å². The van der Waals surface area contributed by atoms with E-state index in [0.29, 0.717) is 11.3 Å². The van der Waals surface area contributed by atoms with Crippen molar-refractivity contribution in [2.45, 2.75) is 32.2 Å². The molecule has 0 unspecified atom stereocenters. The number of fused-ring (bicyclic) bond motifs is 1. The first-order valence-corrected chi connectivity index (χ1v) is 6.26. The predicted octanol–water partition coefficient (Wildman–Crippen LogP) is 2.20. The molecule has 1 amide bonds. The molecule has 3 rings (SSSR count). The first-order chi connectivity index (χ1) is 8.49. The minimum atomic E-state index is -0.525. The highest BCUT2D eigenvalue weighted by Crippen LogP contribution is 2.36. The summed E-state index contributed by atoms with van der Waals surface area (Å²) in [6, 6.07) is 5.59. The number of benzene rings is 1. The Morgan fingerprint density at radius 1 is 1.28 bits per heavy atom. The van der Waals surface area contributed by atoms with Gasteiger partial charge in [0, 0.05) is 17.8 Å². The lowest BCUT2D eigenvalue weighted by atomic mass is 10.0. The summed E-state index contributed by atoms with van der Waals surface area (Å²) >= 11 is 0. The maximum absolute atomic E-state index is 11.5. The molecule has 0 bridgehead atoms. The highest BCUT2D eigenvalue weighted by Gasteiger charge is 2.34. The number of hydrogen-bond donors (Lipinski definition) is 1. The van der Waals surface area contributed by atoms with Gasteiger partial charge in [-0.2, -0.15) is 0 Å². The summed E-state index contributed by atoms with van der Waals surface area (Å²) in [5, 5.41) is 2.62. The molecular formula is C14H16N2O2. The van der Waals surface area contributed by atoms with Crippen LogP contribution in [0.3, 0.4) is 0 Å². The van der Waals surface area contributed by atoms with Crippen molar-refractivity contribution in [3.8, 4) is 0 Å². The normalized spacial score (nSPS) is 21.1. The van der Waals surface area contributed by atoms with Crippen LogP contribution < -0.4 is 10.2 Å². The molecule has 2 aliphatic heterocycles. The molecule has 1 aromatic rings. The van der Waals surface area contributed by atoms with Gasteiger partial charge in [-0.1, -0.05) is 0 Å². The number of Topliss-reactive ketones (excluding diaryl/α,β-unsaturated/α-hetero) is 1. The molecule has 1 saturated heterocycles. The van der Waals surface area contributed by atoms with Gasteiger partial charge in [0.1, 0.15) is 0 Å². The minimum absolute atomic E-state index is 0.140. The minimum Gasteiger partial charge on any atom is -0.366 e. The molecule has 0 aliphatic carbocycles. The van der Waals surface area contributed by atoms with Crippen LogP contribution in [0.4, 0.5) is 11.4 Å². The molecule has 2 heterocycles. The largest absolute Gasteiger partial charge is 0.366 e. The maximum Gasteiger partial charge on any atom is 0.296 e. The van der Waals surface area contributed by atoms with Crippen LogP contribution in [-0.2, 0) is 4.79 Å². The zero-order chi connectivity index (χ0) is 12.9. The van der Waals surface area contributed by atoms with Gasteiger partial charge < -0.3 is 10.2 Å². The highest BCUT2D eigenvalue weighted by atomic mass is 16.2. The third kappa shape index (κ3) is 1.52. The Kier molecular flexibility index (Phi) is 2.24. The smallest absolute Gasteiger partial charge is 0.296 e.